The summed E-state index contributed by atoms with van der Waals surface area (Å²) in [6, 6.07) is 5.82. The van der Waals surface area contributed by atoms with E-state index >= 15 is 0 Å². The summed E-state index contributed by atoms with van der Waals surface area (Å²) in [6.45, 7) is 0.749. The Labute approximate surface area is 111 Å². The molecule has 5 nitrogen and oxygen atoms in total. The van der Waals surface area contributed by atoms with E-state index in [4.69, 9.17) is 4.18 Å². The first-order chi connectivity index (χ1) is 8.85. The third-order valence-corrected chi connectivity index (χ3v) is 3.41. The van der Waals surface area contributed by atoms with Crippen LogP contribution >= 0.6 is 0 Å². The van der Waals surface area contributed by atoms with Gasteiger partial charge >= 0.3 is 0 Å². The third-order valence-electron chi connectivity index (χ3n) is 2.83. The molecule has 1 aliphatic heterocycles. The number of hydrogen-bond donors (Lipinski definition) is 0. The molecule has 0 saturated carbocycles. The maximum Gasteiger partial charge on any atom is 0.265 e. The van der Waals surface area contributed by atoms with Gasteiger partial charge in [0.05, 0.1) is 6.26 Å². The van der Waals surface area contributed by atoms with Crippen molar-refractivity contribution in [1.29, 1.82) is 0 Å². The number of nitrogens with zero attached hydrogens (tertiary/aromatic N) is 1. The van der Waals surface area contributed by atoms with E-state index in [0.29, 0.717) is 19.5 Å². The molecule has 19 heavy (non-hydrogen) atoms. The SMILES string of the molecule is CS(=O)(=O)O[C@H]1CCN(Cc2ccc(F)cc2)C1=O. The predicted molar refractivity (Wildman–Crippen MR) is 66.2 cm³/mol. The van der Waals surface area contributed by atoms with Crippen LogP contribution in [0.15, 0.2) is 24.3 Å². The molecule has 1 fully saturated rings. The van der Waals surface area contributed by atoms with E-state index in [1.165, 1.54) is 17.0 Å². The minimum absolute atomic E-state index is 0.322. The average molecular weight is 287 g/mol. The van der Waals surface area contributed by atoms with Crippen molar-refractivity contribution in [2.45, 2.75) is 19.1 Å². The second kappa shape index (κ2) is 5.26. The van der Waals surface area contributed by atoms with Crippen molar-refractivity contribution in [1.82, 2.24) is 4.90 Å². The fraction of sp³-hybridized carbons (Fsp3) is 0.417. The minimum Gasteiger partial charge on any atom is -0.336 e. The summed E-state index contributed by atoms with van der Waals surface area (Å²) < 4.78 is 39.5. The van der Waals surface area contributed by atoms with Crippen LogP contribution in [-0.2, 0) is 25.6 Å². The third kappa shape index (κ3) is 3.74. The Hall–Kier alpha value is -1.47. The lowest BCUT2D eigenvalue weighted by molar-refractivity contribution is -0.133. The van der Waals surface area contributed by atoms with Gasteiger partial charge in [-0.25, -0.2) is 4.39 Å². The van der Waals surface area contributed by atoms with Crippen LogP contribution in [0.3, 0.4) is 0 Å². The number of halogens is 1. The Morgan fingerprint density at radius 2 is 2.00 bits per heavy atom. The van der Waals surface area contributed by atoms with Crippen molar-refractivity contribution in [3.63, 3.8) is 0 Å². The van der Waals surface area contributed by atoms with Gasteiger partial charge in [-0.3, -0.25) is 8.98 Å². The van der Waals surface area contributed by atoms with Crippen molar-refractivity contribution >= 4 is 16.0 Å². The molecule has 1 saturated heterocycles. The van der Waals surface area contributed by atoms with E-state index in [1.54, 1.807) is 12.1 Å². The van der Waals surface area contributed by atoms with Crippen LogP contribution in [0, 0.1) is 5.82 Å². The molecule has 0 bridgehead atoms. The van der Waals surface area contributed by atoms with Crippen LogP contribution in [0.25, 0.3) is 0 Å². The lowest BCUT2D eigenvalue weighted by Gasteiger charge is -2.16. The van der Waals surface area contributed by atoms with Gasteiger partial charge in [-0.15, -0.1) is 0 Å². The molecule has 0 aromatic heterocycles. The fourth-order valence-corrected chi connectivity index (χ4v) is 2.58. The molecule has 1 atom stereocenters. The fourth-order valence-electron chi connectivity index (χ4n) is 1.98. The van der Waals surface area contributed by atoms with Crippen LogP contribution in [0.1, 0.15) is 12.0 Å². The van der Waals surface area contributed by atoms with Crippen molar-refractivity contribution < 1.29 is 21.8 Å². The summed E-state index contributed by atoms with van der Waals surface area (Å²) in [7, 11) is -3.64. The summed E-state index contributed by atoms with van der Waals surface area (Å²) in [4.78, 5) is 13.4. The Morgan fingerprint density at radius 1 is 1.37 bits per heavy atom. The summed E-state index contributed by atoms with van der Waals surface area (Å²) >= 11 is 0. The van der Waals surface area contributed by atoms with Gasteiger partial charge in [0, 0.05) is 19.5 Å². The van der Waals surface area contributed by atoms with E-state index < -0.39 is 16.2 Å². The maximum atomic E-state index is 12.8. The number of hydrogen-bond acceptors (Lipinski definition) is 4. The van der Waals surface area contributed by atoms with E-state index in [1.807, 2.05) is 0 Å². The molecule has 1 aromatic carbocycles. The summed E-state index contributed by atoms with van der Waals surface area (Å²) in [5.74, 6) is -0.690. The van der Waals surface area contributed by atoms with Gasteiger partial charge in [-0.1, -0.05) is 12.1 Å². The molecule has 104 valence electrons. The molecule has 0 radical (unpaired) electrons. The zero-order chi connectivity index (χ0) is 14.0. The second-order valence-corrected chi connectivity index (χ2v) is 6.06. The van der Waals surface area contributed by atoms with E-state index in [-0.39, 0.29) is 11.7 Å². The van der Waals surface area contributed by atoms with Gasteiger partial charge in [0.15, 0.2) is 6.10 Å². The standard InChI is InChI=1S/C12H14FNO4S/c1-19(16,17)18-11-6-7-14(12(11)15)8-9-2-4-10(13)5-3-9/h2-5,11H,6-8H2,1H3/t11-/m0/s1. The van der Waals surface area contributed by atoms with Gasteiger partial charge in [0.25, 0.3) is 16.0 Å². The number of amides is 1. The highest BCUT2D eigenvalue weighted by Crippen LogP contribution is 2.19. The lowest BCUT2D eigenvalue weighted by Crippen LogP contribution is -2.31. The van der Waals surface area contributed by atoms with Crippen molar-refractivity contribution in [2.24, 2.45) is 0 Å². The first-order valence-electron chi connectivity index (χ1n) is 5.76. The first-order valence-corrected chi connectivity index (χ1v) is 7.58. The number of carbonyl (C=O) groups excluding carboxylic acids is 1. The highest BCUT2D eigenvalue weighted by Gasteiger charge is 2.34. The molecule has 1 amide bonds. The van der Waals surface area contributed by atoms with E-state index in [2.05, 4.69) is 0 Å². The number of rotatable bonds is 4. The van der Waals surface area contributed by atoms with Crippen LogP contribution < -0.4 is 0 Å². The Kier molecular flexibility index (Phi) is 3.86. The molecule has 1 aliphatic rings. The van der Waals surface area contributed by atoms with Gasteiger partial charge in [0.2, 0.25) is 0 Å². The van der Waals surface area contributed by atoms with Crippen LogP contribution in [-0.4, -0.2) is 38.1 Å². The van der Waals surface area contributed by atoms with Crippen molar-refractivity contribution in [2.75, 3.05) is 12.8 Å². The molecule has 1 heterocycles. The minimum atomic E-state index is -3.64. The molecule has 0 spiro atoms. The highest BCUT2D eigenvalue weighted by molar-refractivity contribution is 7.86. The second-order valence-electron chi connectivity index (χ2n) is 4.46. The molecule has 0 aliphatic carbocycles. The Bertz CT molecular complexity index is 570. The first kappa shape index (κ1) is 14.0. The van der Waals surface area contributed by atoms with Crippen molar-refractivity contribution in [3.05, 3.63) is 35.6 Å². The molecular formula is C12H14FNO4S. The molecule has 0 N–H and O–H groups in total. The van der Waals surface area contributed by atoms with E-state index in [0.717, 1.165) is 11.8 Å². The molecule has 2 rings (SSSR count). The number of carbonyl (C=O) groups is 1. The van der Waals surface area contributed by atoms with Gasteiger partial charge < -0.3 is 4.90 Å². The zero-order valence-corrected chi connectivity index (χ0v) is 11.2. The van der Waals surface area contributed by atoms with E-state index in [9.17, 15) is 17.6 Å². The largest absolute Gasteiger partial charge is 0.336 e. The molecular weight excluding hydrogens is 273 g/mol. The summed E-state index contributed by atoms with van der Waals surface area (Å²) in [6.07, 6.45) is 0.325. The number of benzene rings is 1. The Morgan fingerprint density at radius 3 is 2.58 bits per heavy atom. The predicted octanol–water partition coefficient (Wildman–Crippen LogP) is 0.903. The van der Waals surface area contributed by atoms with Gasteiger partial charge in [-0.05, 0) is 17.7 Å². The maximum absolute atomic E-state index is 12.8. The molecule has 7 heteroatoms. The van der Waals surface area contributed by atoms with Crippen molar-refractivity contribution in [3.8, 4) is 0 Å². The summed E-state index contributed by atoms with van der Waals surface area (Å²) in [5, 5.41) is 0. The normalized spacial score (nSPS) is 20.0. The quantitative estimate of drug-likeness (QED) is 0.772. The smallest absolute Gasteiger partial charge is 0.265 e. The van der Waals surface area contributed by atoms with Crippen LogP contribution in [0.5, 0.6) is 0 Å². The van der Waals surface area contributed by atoms with Gasteiger partial charge in [0.1, 0.15) is 5.82 Å². The molecule has 0 unspecified atom stereocenters. The monoisotopic (exact) mass is 287 g/mol. The summed E-state index contributed by atoms with van der Waals surface area (Å²) in [5.41, 5.74) is 0.787. The highest BCUT2D eigenvalue weighted by atomic mass is 32.2. The topological polar surface area (TPSA) is 63.7 Å². The number of likely N-dealkylation sites (tertiary alicyclic amines) is 1. The molecule has 1 aromatic rings. The average Bonchev–Trinajstić information content (AvgIpc) is 2.63. The zero-order valence-electron chi connectivity index (χ0n) is 10.4. The van der Waals surface area contributed by atoms with Crippen LogP contribution in [0.4, 0.5) is 4.39 Å². The van der Waals surface area contributed by atoms with Gasteiger partial charge in [-0.2, -0.15) is 8.42 Å². The Balaban J connectivity index is 2.00. The lowest BCUT2D eigenvalue weighted by atomic mass is 10.2. The van der Waals surface area contributed by atoms with Crippen LogP contribution in [0.2, 0.25) is 0 Å².